The molecule has 0 saturated heterocycles. The van der Waals surface area contributed by atoms with Crippen LogP contribution in [0.1, 0.15) is 22.4 Å². The van der Waals surface area contributed by atoms with E-state index in [0.29, 0.717) is 0 Å². The highest BCUT2D eigenvalue weighted by Gasteiger charge is 2.39. The summed E-state index contributed by atoms with van der Waals surface area (Å²) in [7, 11) is 0. The molecule has 130 valence electrons. The van der Waals surface area contributed by atoms with E-state index in [1.807, 2.05) is 24.5 Å². The molecule has 4 rings (SSSR count). The zero-order valence-corrected chi connectivity index (χ0v) is 14.9. The van der Waals surface area contributed by atoms with Gasteiger partial charge in [-0.2, -0.15) is 0 Å². The summed E-state index contributed by atoms with van der Waals surface area (Å²) < 4.78 is 2.14. The first-order valence-corrected chi connectivity index (χ1v) is 8.89. The Hall–Kier alpha value is -3.64. The number of imidazole rings is 1. The van der Waals surface area contributed by atoms with Crippen LogP contribution in [0.5, 0.6) is 0 Å². The van der Waals surface area contributed by atoms with Crippen LogP contribution in [0, 0.1) is 6.57 Å². The highest BCUT2D eigenvalue weighted by Crippen LogP contribution is 2.41. The number of hydrogen-bond acceptors (Lipinski definition) is 1. The normalized spacial score (nSPS) is 11.1. The van der Waals surface area contributed by atoms with Gasteiger partial charge in [-0.3, -0.25) is 0 Å². The van der Waals surface area contributed by atoms with Gasteiger partial charge in [-0.05, 0) is 16.7 Å². The van der Waals surface area contributed by atoms with Crippen LogP contribution in [0.4, 0.5) is 0 Å². The highest BCUT2D eigenvalue weighted by molar-refractivity contribution is 5.51. The molecule has 3 aromatic carbocycles. The summed E-state index contributed by atoms with van der Waals surface area (Å²) in [5.74, 6) is 0. The van der Waals surface area contributed by atoms with Gasteiger partial charge in [0.1, 0.15) is 11.2 Å². The first-order valence-electron chi connectivity index (χ1n) is 8.89. The molecule has 0 saturated carbocycles. The number of aromatic nitrogens is 2. The summed E-state index contributed by atoms with van der Waals surface area (Å²) in [5, 5.41) is 0. The quantitative estimate of drug-likeness (QED) is 0.361. The predicted octanol–water partition coefficient (Wildman–Crippen LogP) is 5.14. The molecule has 0 aliphatic rings. The van der Waals surface area contributed by atoms with Crippen molar-refractivity contribution in [2.24, 2.45) is 0 Å². The standard InChI is InChI=1S/C24H19N3/c1-25-17-23-18-26-19-27(23)24(20-11-5-2-6-12-20,21-13-7-3-8-14-21)22-15-9-4-10-16-22/h2-16,18-19H,17H2. The fraction of sp³-hybridized carbons (Fsp3) is 0.0833. The van der Waals surface area contributed by atoms with E-state index in [1.54, 1.807) is 6.20 Å². The summed E-state index contributed by atoms with van der Waals surface area (Å²) >= 11 is 0. The lowest BCUT2D eigenvalue weighted by Crippen LogP contribution is -2.38. The molecule has 0 aliphatic carbocycles. The van der Waals surface area contributed by atoms with Gasteiger partial charge in [-0.1, -0.05) is 91.0 Å². The van der Waals surface area contributed by atoms with E-state index in [2.05, 4.69) is 87.2 Å². The van der Waals surface area contributed by atoms with Gasteiger partial charge < -0.3 is 9.41 Å². The molecule has 0 aliphatic heterocycles. The molecule has 3 nitrogen and oxygen atoms in total. The molecule has 0 amide bonds. The minimum absolute atomic E-state index is 0.286. The summed E-state index contributed by atoms with van der Waals surface area (Å²) in [6.45, 7) is 7.66. The minimum atomic E-state index is -0.597. The third-order valence-electron chi connectivity index (χ3n) is 4.89. The molecule has 0 bridgehead atoms. The third-order valence-corrected chi connectivity index (χ3v) is 4.89. The average molecular weight is 349 g/mol. The van der Waals surface area contributed by atoms with Crippen molar-refractivity contribution in [2.45, 2.75) is 12.1 Å². The number of nitrogens with zero attached hydrogens (tertiary/aromatic N) is 3. The Morgan fingerprint density at radius 2 is 1.19 bits per heavy atom. The molecular formula is C24H19N3. The van der Waals surface area contributed by atoms with Crippen molar-refractivity contribution < 1.29 is 0 Å². The smallest absolute Gasteiger partial charge is 0.256 e. The second-order valence-corrected chi connectivity index (χ2v) is 6.38. The van der Waals surface area contributed by atoms with E-state index >= 15 is 0 Å². The van der Waals surface area contributed by atoms with Crippen LogP contribution in [0.2, 0.25) is 0 Å². The number of rotatable bonds is 5. The zero-order chi connectivity index (χ0) is 18.5. The number of hydrogen-bond donors (Lipinski definition) is 0. The van der Waals surface area contributed by atoms with Crippen molar-refractivity contribution in [2.75, 3.05) is 0 Å². The van der Waals surface area contributed by atoms with E-state index in [9.17, 15) is 0 Å². The van der Waals surface area contributed by atoms with Crippen LogP contribution < -0.4 is 0 Å². The molecule has 0 spiro atoms. The van der Waals surface area contributed by atoms with Crippen molar-refractivity contribution in [3.63, 3.8) is 0 Å². The molecular weight excluding hydrogens is 330 g/mol. The Labute approximate surface area is 159 Å². The lowest BCUT2D eigenvalue weighted by atomic mass is 9.76. The van der Waals surface area contributed by atoms with Gasteiger partial charge in [-0.25, -0.2) is 11.6 Å². The fourth-order valence-electron chi connectivity index (χ4n) is 3.78. The molecule has 3 heteroatoms. The Morgan fingerprint density at radius 3 is 1.59 bits per heavy atom. The lowest BCUT2D eigenvalue weighted by molar-refractivity contribution is 0.500. The van der Waals surface area contributed by atoms with E-state index in [1.165, 1.54) is 0 Å². The van der Waals surface area contributed by atoms with Crippen LogP contribution in [-0.2, 0) is 12.1 Å². The highest BCUT2D eigenvalue weighted by atomic mass is 15.1. The van der Waals surface area contributed by atoms with E-state index in [0.717, 1.165) is 22.4 Å². The Balaban J connectivity index is 2.14. The topological polar surface area (TPSA) is 22.2 Å². The number of benzene rings is 3. The minimum Gasteiger partial charge on any atom is -0.310 e. The molecule has 1 heterocycles. The average Bonchev–Trinajstić information content (AvgIpc) is 3.20. The third kappa shape index (κ3) is 2.82. The van der Waals surface area contributed by atoms with Crippen molar-refractivity contribution >= 4 is 0 Å². The van der Waals surface area contributed by atoms with Gasteiger partial charge >= 0.3 is 0 Å². The van der Waals surface area contributed by atoms with Gasteiger partial charge in [0, 0.05) is 0 Å². The van der Waals surface area contributed by atoms with Crippen LogP contribution in [-0.4, -0.2) is 9.55 Å². The molecule has 0 N–H and O–H groups in total. The maximum absolute atomic E-state index is 7.38. The summed E-state index contributed by atoms with van der Waals surface area (Å²) in [5.41, 5.74) is 3.69. The Bertz CT molecular complexity index is 948. The van der Waals surface area contributed by atoms with Crippen LogP contribution in [0.3, 0.4) is 0 Å². The van der Waals surface area contributed by atoms with E-state index < -0.39 is 5.54 Å². The first-order chi connectivity index (χ1) is 13.4. The van der Waals surface area contributed by atoms with Gasteiger partial charge in [0.15, 0.2) is 0 Å². The predicted molar refractivity (Wildman–Crippen MR) is 107 cm³/mol. The molecule has 0 fully saturated rings. The Kier molecular flexibility index (Phi) is 4.55. The summed E-state index contributed by atoms with van der Waals surface area (Å²) in [6, 6.07) is 31.3. The second-order valence-electron chi connectivity index (χ2n) is 6.38. The second kappa shape index (κ2) is 7.31. The monoisotopic (exact) mass is 349 g/mol. The van der Waals surface area contributed by atoms with Crippen molar-refractivity contribution in [1.82, 2.24) is 9.55 Å². The van der Waals surface area contributed by atoms with Crippen molar-refractivity contribution in [3.8, 4) is 0 Å². The largest absolute Gasteiger partial charge is 0.310 e. The summed E-state index contributed by atoms with van der Waals surface area (Å²) in [4.78, 5) is 8.03. The van der Waals surface area contributed by atoms with Crippen LogP contribution >= 0.6 is 0 Å². The van der Waals surface area contributed by atoms with Crippen molar-refractivity contribution in [3.05, 3.63) is 137 Å². The summed E-state index contributed by atoms with van der Waals surface area (Å²) in [6.07, 6.45) is 3.63. The fourth-order valence-corrected chi connectivity index (χ4v) is 3.78. The SMILES string of the molecule is [C-]#[N+]Cc1cncn1C(c1ccccc1)(c1ccccc1)c1ccccc1. The zero-order valence-electron chi connectivity index (χ0n) is 14.9. The first kappa shape index (κ1) is 16.8. The van der Waals surface area contributed by atoms with Crippen molar-refractivity contribution in [1.29, 1.82) is 0 Å². The maximum atomic E-state index is 7.38. The lowest BCUT2D eigenvalue weighted by Gasteiger charge is -2.38. The molecule has 0 atom stereocenters. The van der Waals surface area contributed by atoms with Gasteiger partial charge in [0.05, 0.1) is 12.5 Å². The van der Waals surface area contributed by atoms with Crippen LogP contribution in [0.25, 0.3) is 4.85 Å². The van der Waals surface area contributed by atoms with Gasteiger partial charge in [-0.15, -0.1) is 0 Å². The van der Waals surface area contributed by atoms with Crippen LogP contribution in [0.15, 0.2) is 104 Å². The van der Waals surface area contributed by atoms with Gasteiger partial charge in [0.2, 0.25) is 0 Å². The molecule has 27 heavy (non-hydrogen) atoms. The van der Waals surface area contributed by atoms with E-state index in [4.69, 9.17) is 6.57 Å². The molecule has 0 unspecified atom stereocenters. The Morgan fingerprint density at radius 1 is 0.741 bits per heavy atom. The molecule has 0 radical (unpaired) electrons. The van der Waals surface area contributed by atoms with Gasteiger partial charge in [0.25, 0.3) is 6.54 Å². The molecule has 4 aromatic rings. The molecule has 1 aromatic heterocycles. The maximum Gasteiger partial charge on any atom is 0.256 e. The van der Waals surface area contributed by atoms with E-state index in [-0.39, 0.29) is 6.54 Å².